The number of furan rings is 1. The third-order valence-electron chi connectivity index (χ3n) is 2.27. The van der Waals surface area contributed by atoms with Crippen molar-refractivity contribution in [2.24, 2.45) is 0 Å². The Kier molecular flexibility index (Phi) is 3.93. The monoisotopic (exact) mass is 329 g/mol. The molecule has 1 aromatic heterocycles. The maximum atomic E-state index is 11.9. The summed E-state index contributed by atoms with van der Waals surface area (Å²) in [4.78, 5) is 11.9. The number of benzene rings is 1. The number of rotatable bonds is 3. The second kappa shape index (κ2) is 5.46. The predicted molar refractivity (Wildman–Crippen MR) is 72.4 cm³/mol. The molecule has 4 nitrogen and oxygen atoms in total. The van der Waals surface area contributed by atoms with Crippen LogP contribution in [0.25, 0.3) is 0 Å². The standard InChI is InChI=1S/C12H9BrClNO3/c1-17-10-6-7(2-3-9(10)13)15-12(16)8-4-5-18-11(8)14/h2-6H,1H3,(H,15,16). The molecule has 0 aliphatic rings. The van der Waals surface area contributed by atoms with Crippen molar-refractivity contribution in [3.8, 4) is 5.75 Å². The quantitative estimate of drug-likeness (QED) is 0.927. The third kappa shape index (κ3) is 2.68. The molecule has 1 N–H and O–H groups in total. The zero-order valence-corrected chi connectivity index (χ0v) is 11.7. The molecule has 6 heteroatoms. The summed E-state index contributed by atoms with van der Waals surface area (Å²) < 4.78 is 10.8. The van der Waals surface area contributed by atoms with Gasteiger partial charge >= 0.3 is 0 Å². The summed E-state index contributed by atoms with van der Waals surface area (Å²) in [6.07, 6.45) is 1.36. The summed E-state index contributed by atoms with van der Waals surface area (Å²) in [5.74, 6) is 0.296. The highest BCUT2D eigenvalue weighted by atomic mass is 79.9. The second-order valence-corrected chi connectivity index (χ2v) is 4.61. The van der Waals surface area contributed by atoms with E-state index < -0.39 is 0 Å². The zero-order chi connectivity index (χ0) is 13.1. The summed E-state index contributed by atoms with van der Waals surface area (Å²) in [7, 11) is 1.55. The normalized spacial score (nSPS) is 10.2. The fourth-order valence-corrected chi connectivity index (χ4v) is 2.00. The summed E-state index contributed by atoms with van der Waals surface area (Å²) >= 11 is 9.06. The molecule has 1 heterocycles. The van der Waals surface area contributed by atoms with E-state index in [1.807, 2.05) is 0 Å². The van der Waals surface area contributed by atoms with Crippen molar-refractivity contribution < 1.29 is 13.9 Å². The van der Waals surface area contributed by atoms with E-state index in [1.165, 1.54) is 12.3 Å². The van der Waals surface area contributed by atoms with E-state index in [9.17, 15) is 4.79 Å². The molecule has 0 radical (unpaired) electrons. The van der Waals surface area contributed by atoms with Crippen LogP contribution in [0.15, 0.2) is 39.4 Å². The number of amides is 1. The van der Waals surface area contributed by atoms with E-state index in [0.717, 1.165) is 4.47 Å². The zero-order valence-electron chi connectivity index (χ0n) is 9.37. The van der Waals surface area contributed by atoms with Crippen LogP contribution in [0.4, 0.5) is 5.69 Å². The van der Waals surface area contributed by atoms with Crippen LogP contribution in [-0.4, -0.2) is 13.0 Å². The molecule has 94 valence electrons. The Morgan fingerprint density at radius 1 is 1.44 bits per heavy atom. The molecule has 0 saturated heterocycles. The van der Waals surface area contributed by atoms with Crippen LogP contribution >= 0.6 is 27.5 Å². The molecule has 2 rings (SSSR count). The van der Waals surface area contributed by atoms with E-state index in [2.05, 4.69) is 21.2 Å². The number of hydrogen-bond donors (Lipinski definition) is 1. The van der Waals surface area contributed by atoms with Crippen molar-refractivity contribution >= 4 is 39.1 Å². The maximum absolute atomic E-state index is 11.9. The van der Waals surface area contributed by atoms with Crippen molar-refractivity contribution in [2.75, 3.05) is 12.4 Å². The Morgan fingerprint density at radius 3 is 2.83 bits per heavy atom. The van der Waals surface area contributed by atoms with E-state index in [4.69, 9.17) is 20.8 Å². The van der Waals surface area contributed by atoms with Gasteiger partial charge in [0.05, 0.1) is 23.4 Å². The molecule has 0 fully saturated rings. The van der Waals surface area contributed by atoms with Gasteiger partial charge in [-0.15, -0.1) is 0 Å². The van der Waals surface area contributed by atoms with Crippen LogP contribution in [0, 0.1) is 0 Å². The van der Waals surface area contributed by atoms with Crippen molar-refractivity contribution in [3.05, 3.63) is 45.8 Å². The van der Waals surface area contributed by atoms with Gasteiger partial charge in [0, 0.05) is 11.8 Å². The average Bonchev–Trinajstić information content (AvgIpc) is 2.78. The number of anilines is 1. The molecule has 0 aliphatic carbocycles. The van der Waals surface area contributed by atoms with Crippen molar-refractivity contribution in [1.29, 1.82) is 0 Å². The topological polar surface area (TPSA) is 51.5 Å². The van der Waals surface area contributed by atoms with Crippen LogP contribution in [0.5, 0.6) is 5.75 Å². The molecule has 1 amide bonds. The van der Waals surface area contributed by atoms with Crippen LogP contribution < -0.4 is 10.1 Å². The molecule has 0 atom stereocenters. The fraction of sp³-hybridized carbons (Fsp3) is 0.0833. The lowest BCUT2D eigenvalue weighted by molar-refractivity contribution is 0.102. The van der Waals surface area contributed by atoms with E-state index >= 15 is 0 Å². The van der Waals surface area contributed by atoms with Gasteiger partial charge in [0.2, 0.25) is 5.22 Å². The lowest BCUT2D eigenvalue weighted by Crippen LogP contribution is -2.11. The Labute approximate surface area is 117 Å². The maximum Gasteiger partial charge on any atom is 0.260 e. The van der Waals surface area contributed by atoms with E-state index in [-0.39, 0.29) is 11.1 Å². The molecule has 2 aromatic rings. The van der Waals surface area contributed by atoms with Gasteiger partial charge < -0.3 is 14.5 Å². The Morgan fingerprint density at radius 2 is 2.22 bits per heavy atom. The van der Waals surface area contributed by atoms with Gasteiger partial charge in [-0.2, -0.15) is 0 Å². The molecule has 0 bridgehead atoms. The SMILES string of the molecule is COc1cc(NC(=O)c2ccoc2Cl)ccc1Br. The molecule has 0 unspecified atom stereocenters. The number of hydrogen-bond acceptors (Lipinski definition) is 3. The number of ether oxygens (including phenoxy) is 1. The summed E-state index contributed by atoms with van der Waals surface area (Å²) in [6, 6.07) is 6.74. The van der Waals surface area contributed by atoms with Crippen molar-refractivity contribution in [2.45, 2.75) is 0 Å². The van der Waals surface area contributed by atoms with Gasteiger partial charge in [0.25, 0.3) is 5.91 Å². The largest absolute Gasteiger partial charge is 0.495 e. The van der Waals surface area contributed by atoms with Crippen LogP contribution in [-0.2, 0) is 0 Å². The number of carbonyl (C=O) groups excluding carboxylic acids is 1. The first-order valence-electron chi connectivity index (χ1n) is 4.99. The van der Waals surface area contributed by atoms with Gasteiger partial charge in [-0.25, -0.2) is 0 Å². The lowest BCUT2D eigenvalue weighted by atomic mass is 10.2. The Hall–Kier alpha value is -1.46. The number of carbonyl (C=O) groups is 1. The lowest BCUT2D eigenvalue weighted by Gasteiger charge is -2.07. The minimum Gasteiger partial charge on any atom is -0.495 e. The predicted octanol–water partition coefficient (Wildman–Crippen LogP) is 3.96. The Bertz CT molecular complexity index is 582. The van der Waals surface area contributed by atoms with Crippen molar-refractivity contribution in [1.82, 2.24) is 0 Å². The first kappa shape index (κ1) is 13.0. The van der Waals surface area contributed by atoms with Crippen molar-refractivity contribution in [3.63, 3.8) is 0 Å². The second-order valence-electron chi connectivity index (χ2n) is 3.41. The van der Waals surface area contributed by atoms with Crippen LogP contribution in [0.3, 0.4) is 0 Å². The molecular weight excluding hydrogens is 321 g/mol. The number of halogens is 2. The molecular formula is C12H9BrClNO3. The highest BCUT2D eigenvalue weighted by Crippen LogP contribution is 2.28. The first-order valence-corrected chi connectivity index (χ1v) is 6.17. The van der Waals surface area contributed by atoms with Gasteiger partial charge in [-0.05, 0) is 45.7 Å². The molecule has 1 aromatic carbocycles. The first-order chi connectivity index (χ1) is 8.61. The van der Waals surface area contributed by atoms with Crippen LogP contribution in [0.1, 0.15) is 10.4 Å². The van der Waals surface area contributed by atoms with Crippen LogP contribution in [0.2, 0.25) is 5.22 Å². The third-order valence-corrected chi connectivity index (χ3v) is 3.22. The number of methoxy groups -OCH3 is 1. The molecule has 0 spiro atoms. The summed E-state index contributed by atoms with van der Waals surface area (Å²) in [6.45, 7) is 0. The van der Waals surface area contributed by atoms with Gasteiger partial charge in [-0.1, -0.05) is 0 Å². The van der Waals surface area contributed by atoms with E-state index in [1.54, 1.807) is 25.3 Å². The minimum atomic E-state index is -0.335. The molecule has 18 heavy (non-hydrogen) atoms. The number of nitrogens with one attached hydrogen (secondary N) is 1. The molecule has 0 aliphatic heterocycles. The average molecular weight is 331 g/mol. The van der Waals surface area contributed by atoms with Gasteiger partial charge in [0.15, 0.2) is 0 Å². The highest BCUT2D eigenvalue weighted by Gasteiger charge is 2.13. The highest BCUT2D eigenvalue weighted by molar-refractivity contribution is 9.10. The minimum absolute atomic E-state index is 0.0663. The summed E-state index contributed by atoms with van der Waals surface area (Å²) in [5, 5.41) is 2.77. The van der Waals surface area contributed by atoms with E-state index in [0.29, 0.717) is 17.0 Å². The molecule has 0 saturated carbocycles. The van der Waals surface area contributed by atoms with Gasteiger partial charge in [-0.3, -0.25) is 4.79 Å². The smallest absolute Gasteiger partial charge is 0.260 e. The van der Waals surface area contributed by atoms with Gasteiger partial charge in [0.1, 0.15) is 5.75 Å². The fourth-order valence-electron chi connectivity index (χ4n) is 1.39. The summed E-state index contributed by atoms with van der Waals surface area (Å²) in [5.41, 5.74) is 0.899. The Balaban J connectivity index is 2.20.